The van der Waals surface area contributed by atoms with Crippen molar-refractivity contribution < 1.29 is 13.2 Å². The second-order valence-corrected chi connectivity index (χ2v) is 5.57. The van der Waals surface area contributed by atoms with E-state index in [-0.39, 0.29) is 5.25 Å². The number of hydrogen-bond donors (Lipinski definition) is 2. The zero-order valence-electron chi connectivity index (χ0n) is 8.19. The van der Waals surface area contributed by atoms with Crippen LogP contribution in [-0.2, 0) is 14.8 Å². The van der Waals surface area contributed by atoms with Crippen LogP contribution in [0.5, 0.6) is 0 Å². The molecule has 0 spiro atoms. The second-order valence-electron chi connectivity index (χ2n) is 3.61. The SMILES string of the molecule is CCC[C@H](N)C(=O)NS(=O)(=O)C1CC1. The van der Waals surface area contributed by atoms with Crippen molar-refractivity contribution in [3.63, 3.8) is 0 Å². The van der Waals surface area contributed by atoms with Crippen LogP contribution in [0.2, 0.25) is 0 Å². The van der Waals surface area contributed by atoms with Crippen LogP contribution in [-0.4, -0.2) is 25.6 Å². The predicted octanol–water partition coefficient (Wildman–Crippen LogP) is -0.278. The van der Waals surface area contributed by atoms with Crippen LogP contribution in [0, 0.1) is 0 Å². The van der Waals surface area contributed by atoms with Gasteiger partial charge in [-0.25, -0.2) is 8.42 Å². The summed E-state index contributed by atoms with van der Waals surface area (Å²) in [6.45, 7) is 1.89. The molecule has 1 fully saturated rings. The van der Waals surface area contributed by atoms with E-state index in [1.54, 1.807) is 0 Å². The lowest BCUT2D eigenvalue weighted by atomic mass is 10.2. The lowest BCUT2D eigenvalue weighted by Crippen LogP contribution is -2.44. The van der Waals surface area contributed by atoms with Gasteiger partial charge in [-0.1, -0.05) is 13.3 Å². The third-order valence-corrected chi connectivity index (χ3v) is 3.98. The molecule has 0 aliphatic heterocycles. The van der Waals surface area contributed by atoms with Crippen LogP contribution >= 0.6 is 0 Å². The minimum atomic E-state index is -3.43. The topological polar surface area (TPSA) is 89.3 Å². The van der Waals surface area contributed by atoms with Crippen molar-refractivity contribution in [2.45, 2.75) is 43.9 Å². The van der Waals surface area contributed by atoms with Gasteiger partial charge >= 0.3 is 0 Å². The molecule has 0 heterocycles. The molecule has 3 N–H and O–H groups in total. The van der Waals surface area contributed by atoms with Crippen molar-refractivity contribution in [1.29, 1.82) is 0 Å². The maximum atomic E-state index is 11.3. The molecule has 0 unspecified atom stereocenters. The molecule has 1 saturated carbocycles. The van der Waals surface area contributed by atoms with E-state index in [2.05, 4.69) is 0 Å². The summed E-state index contributed by atoms with van der Waals surface area (Å²) in [6, 6.07) is -0.714. The largest absolute Gasteiger partial charge is 0.320 e. The van der Waals surface area contributed by atoms with Gasteiger partial charge in [-0.2, -0.15) is 0 Å². The van der Waals surface area contributed by atoms with Crippen molar-refractivity contribution in [1.82, 2.24) is 4.72 Å². The first-order valence-corrected chi connectivity index (χ1v) is 6.33. The van der Waals surface area contributed by atoms with Crippen LogP contribution < -0.4 is 10.5 Å². The molecule has 14 heavy (non-hydrogen) atoms. The van der Waals surface area contributed by atoms with E-state index in [1.807, 2.05) is 11.6 Å². The Morgan fingerprint density at radius 3 is 2.57 bits per heavy atom. The van der Waals surface area contributed by atoms with E-state index < -0.39 is 22.0 Å². The minimum Gasteiger partial charge on any atom is -0.320 e. The Morgan fingerprint density at radius 1 is 1.57 bits per heavy atom. The van der Waals surface area contributed by atoms with E-state index in [0.717, 1.165) is 6.42 Å². The third-order valence-electron chi connectivity index (χ3n) is 2.14. The maximum absolute atomic E-state index is 11.3. The molecule has 1 rings (SSSR count). The summed E-state index contributed by atoms with van der Waals surface area (Å²) < 4.78 is 24.7. The number of nitrogens with one attached hydrogen (secondary N) is 1. The number of hydrogen-bond acceptors (Lipinski definition) is 4. The highest BCUT2D eigenvalue weighted by molar-refractivity contribution is 7.90. The van der Waals surface area contributed by atoms with Crippen LogP contribution in [0.15, 0.2) is 0 Å². The molecule has 1 amide bonds. The fraction of sp³-hybridized carbons (Fsp3) is 0.875. The minimum absolute atomic E-state index is 0.375. The number of nitrogens with two attached hydrogens (primary N) is 1. The Balaban J connectivity index is 2.47. The summed E-state index contributed by atoms with van der Waals surface area (Å²) in [4.78, 5) is 11.3. The lowest BCUT2D eigenvalue weighted by molar-refractivity contribution is -0.120. The van der Waals surface area contributed by atoms with Gasteiger partial charge in [0, 0.05) is 0 Å². The summed E-state index contributed by atoms with van der Waals surface area (Å²) in [5.41, 5.74) is 5.48. The average Bonchev–Trinajstić information content (AvgIpc) is 2.85. The monoisotopic (exact) mass is 220 g/mol. The molecule has 0 saturated heterocycles. The molecule has 0 aromatic carbocycles. The highest BCUT2D eigenvalue weighted by atomic mass is 32.2. The van der Waals surface area contributed by atoms with Gasteiger partial charge in [0.1, 0.15) is 0 Å². The number of carbonyl (C=O) groups excluding carboxylic acids is 1. The van der Waals surface area contributed by atoms with Crippen molar-refractivity contribution in [3.05, 3.63) is 0 Å². The van der Waals surface area contributed by atoms with Gasteiger partial charge in [-0.15, -0.1) is 0 Å². The smallest absolute Gasteiger partial charge is 0.250 e. The van der Waals surface area contributed by atoms with E-state index in [0.29, 0.717) is 19.3 Å². The average molecular weight is 220 g/mol. The van der Waals surface area contributed by atoms with Gasteiger partial charge < -0.3 is 5.73 Å². The molecule has 1 atom stereocenters. The molecular formula is C8H16N2O3S. The van der Waals surface area contributed by atoms with Gasteiger partial charge in [0.25, 0.3) is 0 Å². The Hall–Kier alpha value is -0.620. The number of rotatable bonds is 5. The predicted molar refractivity (Wildman–Crippen MR) is 53.0 cm³/mol. The molecule has 0 aromatic rings. The van der Waals surface area contributed by atoms with Gasteiger partial charge in [0.15, 0.2) is 0 Å². The van der Waals surface area contributed by atoms with Crippen molar-refractivity contribution in [2.24, 2.45) is 5.73 Å². The zero-order valence-corrected chi connectivity index (χ0v) is 9.01. The Labute approximate surface area is 84.1 Å². The first-order valence-electron chi connectivity index (χ1n) is 4.78. The van der Waals surface area contributed by atoms with Gasteiger partial charge in [0.2, 0.25) is 15.9 Å². The fourth-order valence-corrected chi connectivity index (χ4v) is 2.47. The highest BCUT2D eigenvalue weighted by Crippen LogP contribution is 2.27. The van der Waals surface area contributed by atoms with Gasteiger partial charge in [0.05, 0.1) is 11.3 Å². The molecular weight excluding hydrogens is 204 g/mol. The molecule has 0 aromatic heterocycles. The molecule has 1 aliphatic carbocycles. The number of amides is 1. The standard InChI is InChI=1S/C8H16N2O3S/c1-2-3-7(9)8(11)10-14(12,13)6-4-5-6/h6-7H,2-5,9H2,1H3,(H,10,11)/t7-/m0/s1. The highest BCUT2D eigenvalue weighted by Gasteiger charge is 2.37. The summed E-state index contributed by atoms with van der Waals surface area (Å²) in [7, 11) is -3.43. The summed E-state index contributed by atoms with van der Waals surface area (Å²) in [6.07, 6.45) is 2.56. The normalized spacial score (nSPS) is 19.0. The first-order chi connectivity index (χ1) is 6.47. The number of carbonyl (C=O) groups is 1. The van der Waals surface area contributed by atoms with Crippen molar-refractivity contribution in [3.8, 4) is 0 Å². The Kier molecular flexibility index (Phi) is 3.49. The lowest BCUT2D eigenvalue weighted by Gasteiger charge is -2.10. The number of sulfonamides is 1. The van der Waals surface area contributed by atoms with E-state index in [9.17, 15) is 13.2 Å². The summed E-state index contributed by atoms with van der Waals surface area (Å²) in [5.74, 6) is -0.584. The van der Waals surface area contributed by atoms with Crippen LogP contribution in [0.1, 0.15) is 32.6 Å². The van der Waals surface area contributed by atoms with E-state index in [1.165, 1.54) is 0 Å². The van der Waals surface area contributed by atoms with Gasteiger partial charge in [-0.05, 0) is 19.3 Å². The molecule has 5 nitrogen and oxygen atoms in total. The molecule has 1 aliphatic rings. The molecule has 6 heteroatoms. The maximum Gasteiger partial charge on any atom is 0.250 e. The first kappa shape index (κ1) is 11.5. The summed E-state index contributed by atoms with van der Waals surface area (Å²) >= 11 is 0. The van der Waals surface area contributed by atoms with Crippen molar-refractivity contribution in [2.75, 3.05) is 0 Å². The van der Waals surface area contributed by atoms with Crippen molar-refractivity contribution >= 4 is 15.9 Å². The molecule has 82 valence electrons. The molecule has 0 radical (unpaired) electrons. The second kappa shape index (κ2) is 4.27. The quantitative estimate of drug-likeness (QED) is 0.667. The third kappa shape index (κ3) is 2.95. The van der Waals surface area contributed by atoms with Gasteiger partial charge in [-0.3, -0.25) is 9.52 Å². The summed E-state index contributed by atoms with van der Waals surface area (Å²) in [5, 5.41) is -0.375. The van der Waals surface area contributed by atoms with E-state index in [4.69, 9.17) is 5.73 Å². The zero-order chi connectivity index (χ0) is 10.8. The van der Waals surface area contributed by atoms with E-state index >= 15 is 0 Å². The Bertz CT molecular complexity index is 309. The van der Waals surface area contributed by atoms with Crippen LogP contribution in [0.3, 0.4) is 0 Å². The Morgan fingerprint density at radius 2 is 2.14 bits per heavy atom. The fourth-order valence-electron chi connectivity index (χ4n) is 1.12. The molecule has 0 bridgehead atoms. The van der Waals surface area contributed by atoms with Crippen LogP contribution in [0.4, 0.5) is 0 Å². The van der Waals surface area contributed by atoms with Crippen LogP contribution in [0.25, 0.3) is 0 Å².